The number of hydrogen-bond donors (Lipinski definition) is 0. The molecule has 0 saturated heterocycles. The molecule has 132 valence electrons. The number of hydrogen-bond acceptors (Lipinski definition) is 3. The van der Waals surface area contributed by atoms with E-state index in [-0.39, 0.29) is 5.56 Å². The van der Waals surface area contributed by atoms with E-state index in [4.69, 9.17) is 0 Å². The summed E-state index contributed by atoms with van der Waals surface area (Å²) in [6, 6.07) is 18.5. The maximum atomic E-state index is 12.5. The maximum Gasteiger partial charge on any atom is 0.260 e. The van der Waals surface area contributed by atoms with Gasteiger partial charge in [0, 0.05) is 24.4 Å². The minimum absolute atomic E-state index is 0.0389. The van der Waals surface area contributed by atoms with Crippen molar-refractivity contribution in [3.05, 3.63) is 83.0 Å². The second kappa shape index (κ2) is 6.16. The lowest BCUT2D eigenvalue weighted by Crippen LogP contribution is -2.16. The standard InChI is InChI=1S/C23H19N3O/c1-26-14-25-21-10-9-17(13-20(21)23(26)27)19-6-3-11-24-22(19)18-5-2-4-16(12-18)15-7-8-15/h2-6,9-15H,7-8H2,1H3. The molecule has 0 unspecified atom stereocenters. The van der Waals surface area contributed by atoms with E-state index in [2.05, 4.69) is 40.3 Å². The molecule has 4 nitrogen and oxygen atoms in total. The first kappa shape index (κ1) is 15.9. The van der Waals surface area contributed by atoms with Gasteiger partial charge in [-0.1, -0.05) is 30.3 Å². The third-order valence-corrected chi connectivity index (χ3v) is 5.24. The van der Waals surface area contributed by atoms with Gasteiger partial charge in [-0.05, 0) is 54.2 Å². The van der Waals surface area contributed by atoms with E-state index < -0.39 is 0 Å². The van der Waals surface area contributed by atoms with Crippen molar-refractivity contribution in [3.8, 4) is 22.4 Å². The van der Waals surface area contributed by atoms with Crippen molar-refractivity contribution in [2.75, 3.05) is 0 Å². The van der Waals surface area contributed by atoms with E-state index in [1.807, 2.05) is 30.5 Å². The van der Waals surface area contributed by atoms with Crippen LogP contribution in [0.25, 0.3) is 33.3 Å². The fraction of sp³-hybridized carbons (Fsp3) is 0.174. The Bertz CT molecular complexity index is 1220. The first-order valence-electron chi connectivity index (χ1n) is 9.22. The van der Waals surface area contributed by atoms with Gasteiger partial charge in [0.15, 0.2) is 0 Å². The van der Waals surface area contributed by atoms with E-state index in [0.717, 1.165) is 22.4 Å². The van der Waals surface area contributed by atoms with Crippen LogP contribution in [-0.4, -0.2) is 14.5 Å². The highest BCUT2D eigenvalue weighted by Gasteiger charge is 2.23. The van der Waals surface area contributed by atoms with Crippen molar-refractivity contribution in [2.45, 2.75) is 18.8 Å². The summed E-state index contributed by atoms with van der Waals surface area (Å²) in [5.41, 5.74) is 6.13. The Balaban J connectivity index is 1.68. The van der Waals surface area contributed by atoms with Gasteiger partial charge in [0.1, 0.15) is 0 Å². The Morgan fingerprint density at radius 3 is 2.70 bits per heavy atom. The number of aromatic nitrogens is 3. The van der Waals surface area contributed by atoms with E-state index in [9.17, 15) is 4.79 Å². The average molecular weight is 353 g/mol. The Morgan fingerprint density at radius 1 is 0.963 bits per heavy atom. The van der Waals surface area contributed by atoms with E-state index in [0.29, 0.717) is 16.8 Å². The van der Waals surface area contributed by atoms with Crippen molar-refractivity contribution < 1.29 is 0 Å². The van der Waals surface area contributed by atoms with Crippen molar-refractivity contribution in [1.82, 2.24) is 14.5 Å². The highest BCUT2D eigenvalue weighted by Crippen LogP contribution is 2.41. The molecule has 4 heteroatoms. The molecule has 0 spiro atoms. The van der Waals surface area contributed by atoms with Gasteiger partial charge in [0.05, 0.1) is 22.9 Å². The first-order valence-corrected chi connectivity index (χ1v) is 9.22. The van der Waals surface area contributed by atoms with Crippen LogP contribution in [-0.2, 0) is 7.05 Å². The Morgan fingerprint density at radius 2 is 1.85 bits per heavy atom. The third kappa shape index (κ3) is 2.83. The minimum Gasteiger partial charge on any atom is -0.302 e. The zero-order valence-electron chi connectivity index (χ0n) is 15.1. The summed E-state index contributed by atoms with van der Waals surface area (Å²) in [4.78, 5) is 21.5. The summed E-state index contributed by atoms with van der Waals surface area (Å²) in [6.07, 6.45) is 5.94. The molecule has 27 heavy (non-hydrogen) atoms. The van der Waals surface area contributed by atoms with Crippen LogP contribution in [0.1, 0.15) is 24.3 Å². The number of benzene rings is 2. The van der Waals surface area contributed by atoms with Crippen LogP contribution in [0.5, 0.6) is 0 Å². The quantitative estimate of drug-likeness (QED) is 0.543. The second-order valence-corrected chi connectivity index (χ2v) is 7.19. The number of fused-ring (bicyclic) bond motifs is 1. The van der Waals surface area contributed by atoms with Gasteiger partial charge in [-0.2, -0.15) is 0 Å². The van der Waals surface area contributed by atoms with E-state index in [1.54, 1.807) is 13.4 Å². The summed E-state index contributed by atoms with van der Waals surface area (Å²) in [6.45, 7) is 0. The Kier molecular flexibility index (Phi) is 3.64. The van der Waals surface area contributed by atoms with Gasteiger partial charge in [-0.15, -0.1) is 0 Å². The Labute approximate surface area is 157 Å². The van der Waals surface area contributed by atoms with Crippen LogP contribution in [0.15, 0.2) is 71.9 Å². The van der Waals surface area contributed by atoms with Gasteiger partial charge in [0.25, 0.3) is 5.56 Å². The average Bonchev–Trinajstić information content (AvgIpc) is 3.56. The number of nitrogens with zero attached hydrogens (tertiary/aromatic N) is 3. The van der Waals surface area contributed by atoms with Gasteiger partial charge in [0.2, 0.25) is 0 Å². The molecule has 1 saturated carbocycles. The Hall–Kier alpha value is -3.27. The number of rotatable bonds is 3. The zero-order chi connectivity index (χ0) is 18.4. The van der Waals surface area contributed by atoms with Crippen LogP contribution < -0.4 is 5.56 Å². The molecular formula is C23H19N3O. The molecule has 1 aliphatic carbocycles. The molecule has 2 aromatic heterocycles. The molecule has 5 rings (SSSR count). The summed E-state index contributed by atoms with van der Waals surface area (Å²) >= 11 is 0. The lowest BCUT2D eigenvalue weighted by atomic mass is 9.96. The molecule has 0 aliphatic heterocycles. The van der Waals surface area contributed by atoms with Crippen LogP contribution in [0.4, 0.5) is 0 Å². The van der Waals surface area contributed by atoms with Gasteiger partial charge in [-0.3, -0.25) is 9.78 Å². The molecule has 0 bridgehead atoms. The maximum absolute atomic E-state index is 12.5. The predicted octanol–water partition coefficient (Wildman–Crippen LogP) is 4.54. The summed E-state index contributed by atoms with van der Waals surface area (Å²) in [7, 11) is 1.72. The highest BCUT2D eigenvalue weighted by molar-refractivity contribution is 5.88. The molecule has 4 aromatic rings. The highest BCUT2D eigenvalue weighted by atomic mass is 16.1. The molecule has 2 heterocycles. The monoisotopic (exact) mass is 353 g/mol. The zero-order valence-corrected chi connectivity index (χ0v) is 15.1. The second-order valence-electron chi connectivity index (χ2n) is 7.19. The minimum atomic E-state index is -0.0389. The van der Waals surface area contributed by atoms with Crippen LogP contribution in [0, 0.1) is 0 Å². The topological polar surface area (TPSA) is 47.8 Å². The van der Waals surface area contributed by atoms with Gasteiger partial charge >= 0.3 is 0 Å². The predicted molar refractivity (Wildman–Crippen MR) is 108 cm³/mol. The summed E-state index contributed by atoms with van der Waals surface area (Å²) in [5.74, 6) is 0.701. The smallest absolute Gasteiger partial charge is 0.260 e. The van der Waals surface area contributed by atoms with Crippen molar-refractivity contribution >= 4 is 10.9 Å². The largest absolute Gasteiger partial charge is 0.302 e. The third-order valence-electron chi connectivity index (χ3n) is 5.24. The van der Waals surface area contributed by atoms with Gasteiger partial charge in [-0.25, -0.2) is 4.98 Å². The molecule has 1 aliphatic rings. The van der Waals surface area contributed by atoms with Crippen molar-refractivity contribution in [2.24, 2.45) is 7.05 Å². The molecule has 0 N–H and O–H groups in total. The van der Waals surface area contributed by atoms with Crippen molar-refractivity contribution in [3.63, 3.8) is 0 Å². The number of aryl methyl sites for hydroxylation is 1. The van der Waals surface area contributed by atoms with Crippen LogP contribution in [0.3, 0.4) is 0 Å². The molecule has 0 atom stereocenters. The van der Waals surface area contributed by atoms with Crippen molar-refractivity contribution in [1.29, 1.82) is 0 Å². The first-order chi connectivity index (χ1) is 13.2. The van der Waals surface area contributed by atoms with E-state index >= 15 is 0 Å². The molecular weight excluding hydrogens is 334 g/mol. The lowest BCUT2D eigenvalue weighted by molar-refractivity contribution is 0.843. The summed E-state index contributed by atoms with van der Waals surface area (Å²) < 4.78 is 1.51. The van der Waals surface area contributed by atoms with Crippen LogP contribution in [0.2, 0.25) is 0 Å². The molecule has 1 fully saturated rings. The van der Waals surface area contributed by atoms with Crippen LogP contribution >= 0.6 is 0 Å². The van der Waals surface area contributed by atoms with E-state index in [1.165, 1.54) is 23.0 Å². The summed E-state index contributed by atoms with van der Waals surface area (Å²) in [5, 5.41) is 0.624. The molecule has 2 aromatic carbocycles. The molecule has 0 radical (unpaired) electrons. The van der Waals surface area contributed by atoms with Gasteiger partial charge < -0.3 is 4.57 Å². The SMILES string of the molecule is Cn1cnc2ccc(-c3cccnc3-c3cccc(C4CC4)c3)cc2c1=O. The molecule has 0 amide bonds. The fourth-order valence-electron chi connectivity index (χ4n) is 3.60. The number of pyridine rings is 1. The normalized spacial score (nSPS) is 13.8. The fourth-order valence-corrected chi connectivity index (χ4v) is 3.60. The lowest BCUT2D eigenvalue weighted by Gasteiger charge is -2.11.